The Morgan fingerprint density at radius 2 is 1.67 bits per heavy atom. The highest BCUT2D eigenvalue weighted by Gasteiger charge is 2.26. The van der Waals surface area contributed by atoms with Crippen LogP contribution in [0.4, 0.5) is 0 Å². The van der Waals surface area contributed by atoms with Crippen LogP contribution in [0.3, 0.4) is 0 Å². The number of aliphatic hydroxyl groups is 1. The molecule has 1 saturated heterocycles. The lowest BCUT2D eigenvalue weighted by atomic mass is 10.2. The molecule has 114 valence electrons. The van der Waals surface area contributed by atoms with Crippen molar-refractivity contribution in [3.8, 4) is 5.75 Å². The van der Waals surface area contributed by atoms with E-state index in [1.165, 1.54) is 0 Å². The average Bonchev–Trinajstić information content (AvgIpc) is 2.84. The van der Waals surface area contributed by atoms with Crippen LogP contribution in [0.25, 0.3) is 0 Å². The number of aliphatic carboxylic acids is 2. The fraction of sp³-hybridized carbons (Fsp3) is 0.286. The van der Waals surface area contributed by atoms with Crippen molar-refractivity contribution in [1.82, 2.24) is 5.32 Å². The molecular formula is C14H17NO6. The lowest BCUT2D eigenvalue weighted by Crippen LogP contribution is -2.29. The molecule has 0 saturated carbocycles. The van der Waals surface area contributed by atoms with Gasteiger partial charge in [-0.05, 0) is 12.1 Å². The number of hydrogen-bond acceptors (Lipinski definition) is 5. The van der Waals surface area contributed by atoms with Crippen molar-refractivity contribution in [3.05, 3.63) is 42.5 Å². The van der Waals surface area contributed by atoms with Crippen LogP contribution in [0.2, 0.25) is 0 Å². The van der Waals surface area contributed by atoms with Crippen molar-refractivity contribution < 1.29 is 29.6 Å². The number of carboxylic acid groups (broad SMARTS) is 2. The first-order valence-electron chi connectivity index (χ1n) is 6.23. The Morgan fingerprint density at radius 1 is 1.10 bits per heavy atom. The molecular weight excluding hydrogens is 278 g/mol. The molecule has 21 heavy (non-hydrogen) atoms. The zero-order chi connectivity index (χ0) is 15.7. The number of β-amino-alcohol motifs (C(OH)–C–C–N with tert-alkyl or cyclic N) is 1. The SMILES string of the molecule is O=C(O)/C=C/C(=O)O.O[C@H]1CNC[C@@H]1Oc1ccccc1. The third-order valence-electron chi connectivity index (χ3n) is 2.53. The topological polar surface area (TPSA) is 116 Å². The first kappa shape index (κ1) is 16.7. The van der Waals surface area contributed by atoms with Crippen molar-refractivity contribution >= 4 is 11.9 Å². The van der Waals surface area contributed by atoms with Crippen LogP contribution in [-0.4, -0.2) is 52.6 Å². The maximum atomic E-state index is 9.55. The molecule has 0 unspecified atom stereocenters. The Kier molecular flexibility index (Phi) is 6.93. The van der Waals surface area contributed by atoms with Gasteiger partial charge in [-0.15, -0.1) is 0 Å². The van der Waals surface area contributed by atoms with Gasteiger partial charge in [0.1, 0.15) is 18.0 Å². The zero-order valence-corrected chi connectivity index (χ0v) is 11.2. The number of benzene rings is 1. The Hall–Kier alpha value is -2.38. The molecule has 7 heteroatoms. The molecule has 2 rings (SSSR count). The molecule has 0 aromatic heterocycles. The van der Waals surface area contributed by atoms with E-state index in [0.717, 1.165) is 12.3 Å². The molecule has 0 aliphatic carbocycles. The van der Waals surface area contributed by atoms with Crippen molar-refractivity contribution in [2.45, 2.75) is 12.2 Å². The van der Waals surface area contributed by atoms with E-state index in [0.29, 0.717) is 18.7 Å². The summed E-state index contributed by atoms with van der Waals surface area (Å²) in [5.41, 5.74) is 0. The molecule has 1 heterocycles. The van der Waals surface area contributed by atoms with Crippen molar-refractivity contribution in [2.24, 2.45) is 0 Å². The van der Waals surface area contributed by atoms with Crippen molar-refractivity contribution in [1.29, 1.82) is 0 Å². The summed E-state index contributed by atoms with van der Waals surface area (Å²) in [7, 11) is 0. The maximum Gasteiger partial charge on any atom is 0.328 e. The maximum absolute atomic E-state index is 9.55. The fourth-order valence-corrected chi connectivity index (χ4v) is 1.58. The number of nitrogens with one attached hydrogen (secondary N) is 1. The van der Waals surface area contributed by atoms with Crippen molar-refractivity contribution in [3.63, 3.8) is 0 Å². The van der Waals surface area contributed by atoms with Crippen LogP contribution in [0, 0.1) is 0 Å². The van der Waals surface area contributed by atoms with Crippen LogP contribution < -0.4 is 10.1 Å². The second kappa shape index (κ2) is 8.72. The van der Waals surface area contributed by atoms with Gasteiger partial charge in [0.25, 0.3) is 0 Å². The van der Waals surface area contributed by atoms with E-state index in [9.17, 15) is 14.7 Å². The Bertz CT molecular complexity index is 471. The zero-order valence-electron chi connectivity index (χ0n) is 11.2. The molecule has 0 spiro atoms. The van der Waals surface area contributed by atoms with Crippen LogP contribution in [0.5, 0.6) is 5.75 Å². The summed E-state index contributed by atoms with van der Waals surface area (Å²) in [6.45, 7) is 1.34. The van der Waals surface area contributed by atoms with Crippen molar-refractivity contribution in [2.75, 3.05) is 13.1 Å². The van der Waals surface area contributed by atoms with Crippen LogP contribution >= 0.6 is 0 Å². The molecule has 7 nitrogen and oxygen atoms in total. The quantitative estimate of drug-likeness (QED) is 0.582. The lowest BCUT2D eigenvalue weighted by molar-refractivity contribution is -0.134. The minimum atomic E-state index is -1.26. The molecule has 0 radical (unpaired) electrons. The van der Waals surface area contributed by atoms with Crippen LogP contribution in [0.15, 0.2) is 42.5 Å². The molecule has 4 N–H and O–H groups in total. The first-order chi connectivity index (χ1) is 9.99. The number of para-hydroxylation sites is 1. The number of carboxylic acids is 2. The normalized spacial score (nSPS) is 20.6. The molecule has 1 fully saturated rings. The molecule has 1 aliphatic heterocycles. The van der Waals surface area contributed by atoms with Crippen LogP contribution in [-0.2, 0) is 9.59 Å². The van der Waals surface area contributed by atoms with Crippen LogP contribution in [0.1, 0.15) is 0 Å². The van der Waals surface area contributed by atoms with Gasteiger partial charge in [-0.25, -0.2) is 9.59 Å². The highest BCUT2D eigenvalue weighted by molar-refractivity contribution is 5.89. The van der Waals surface area contributed by atoms with Gasteiger partial charge < -0.3 is 25.4 Å². The molecule has 0 bridgehead atoms. The summed E-state index contributed by atoms with van der Waals surface area (Å²) in [5, 5.41) is 28.2. The van der Waals surface area contributed by atoms with Gasteiger partial charge in [0.05, 0.1) is 0 Å². The van der Waals surface area contributed by atoms with E-state index in [1.54, 1.807) is 0 Å². The first-order valence-corrected chi connectivity index (χ1v) is 6.23. The highest BCUT2D eigenvalue weighted by atomic mass is 16.5. The number of aliphatic hydroxyl groups excluding tert-OH is 1. The molecule has 0 amide bonds. The van der Waals surface area contributed by atoms with Gasteiger partial charge >= 0.3 is 11.9 Å². The predicted molar refractivity (Wildman–Crippen MR) is 74.1 cm³/mol. The van der Waals surface area contributed by atoms with Gasteiger partial charge in [-0.2, -0.15) is 0 Å². The van der Waals surface area contributed by atoms with E-state index in [1.807, 2.05) is 30.3 Å². The molecule has 1 aromatic rings. The Morgan fingerprint density at radius 3 is 2.10 bits per heavy atom. The summed E-state index contributed by atoms with van der Waals surface area (Å²) in [6, 6.07) is 9.57. The minimum Gasteiger partial charge on any atom is -0.486 e. The Balaban J connectivity index is 0.000000240. The molecule has 1 aromatic carbocycles. The summed E-state index contributed by atoms with van der Waals surface area (Å²) in [4.78, 5) is 19.1. The molecule has 2 atom stereocenters. The third-order valence-corrected chi connectivity index (χ3v) is 2.53. The molecule has 1 aliphatic rings. The highest BCUT2D eigenvalue weighted by Crippen LogP contribution is 2.14. The number of hydrogen-bond donors (Lipinski definition) is 4. The van der Waals surface area contributed by atoms with Gasteiger partial charge in [0.15, 0.2) is 0 Å². The predicted octanol–water partition coefficient (Wildman–Crippen LogP) is 0.110. The second-order valence-electron chi connectivity index (χ2n) is 4.20. The summed E-state index contributed by atoms with van der Waals surface area (Å²) < 4.78 is 5.58. The third kappa shape index (κ3) is 7.09. The van der Waals surface area contributed by atoms with E-state index < -0.39 is 11.9 Å². The van der Waals surface area contributed by atoms with Gasteiger partial charge in [-0.1, -0.05) is 18.2 Å². The van der Waals surface area contributed by atoms with Gasteiger partial charge in [0.2, 0.25) is 0 Å². The second-order valence-corrected chi connectivity index (χ2v) is 4.20. The summed E-state index contributed by atoms with van der Waals surface area (Å²) >= 11 is 0. The average molecular weight is 295 g/mol. The van der Waals surface area contributed by atoms with Gasteiger partial charge in [-0.3, -0.25) is 0 Å². The smallest absolute Gasteiger partial charge is 0.328 e. The largest absolute Gasteiger partial charge is 0.486 e. The van der Waals surface area contributed by atoms with Gasteiger partial charge in [0, 0.05) is 25.2 Å². The lowest BCUT2D eigenvalue weighted by Gasteiger charge is -2.15. The fourth-order valence-electron chi connectivity index (χ4n) is 1.58. The number of ether oxygens (including phenoxy) is 1. The van der Waals surface area contributed by atoms with E-state index >= 15 is 0 Å². The minimum absolute atomic E-state index is 0.109. The number of rotatable bonds is 4. The Labute approximate surface area is 121 Å². The summed E-state index contributed by atoms with van der Waals surface area (Å²) in [5.74, 6) is -1.70. The monoisotopic (exact) mass is 295 g/mol. The summed E-state index contributed by atoms with van der Waals surface area (Å²) in [6.07, 6.45) is 0.618. The number of carbonyl (C=O) groups is 2. The standard InChI is InChI=1S/C10H13NO2.C4H4O4/c12-9-6-11-7-10(9)13-8-4-2-1-3-5-8;5-3(6)1-2-4(7)8/h1-5,9-12H,6-7H2;1-2H,(H,5,6)(H,7,8)/b;2-1+/t9-,10-;/m0./s1. The van der Waals surface area contributed by atoms with E-state index in [4.69, 9.17) is 14.9 Å². The van der Waals surface area contributed by atoms with E-state index in [2.05, 4.69) is 5.32 Å². The van der Waals surface area contributed by atoms with E-state index in [-0.39, 0.29) is 12.2 Å².